The van der Waals surface area contributed by atoms with E-state index in [0.29, 0.717) is 12.5 Å². The molecule has 2 nitrogen and oxygen atoms in total. The van der Waals surface area contributed by atoms with E-state index in [0.717, 1.165) is 12.8 Å². The van der Waals surface area contributed by atoms with Gasteiger partial charge in [-0.25, -0.2) is 0 Å². The summed E-state index contributed by atoms with van der Waals surface area (Å²) in [4.78, 5) is 0. The predicted molar refractivity (Wildman–Crippen MR) is 80.8 cm³/mol. The van der Waals surface area contributed by atoms with Crippen LogP contribution in [0, 0.1) is 5.92 Å². The summed E-state index contributed by atoms with van der Waals surface area (Å²) in [5.74, 6) is 0.322. The van der Waals surface area contributed by atoms with Crippen LogP contribution < -0.4 is 11.5 Å². The van der Waals surface area contributed by atoms with E-state index in [1.165, 1.54) is 11.1 Å². The van der Waals surface area contributed by atoms with Crippen molar-refractivity contribution in [2.45, 2.75) is 18.9 Å². The molecule has 19 heavy (non-hydrogen) atoms. The molecule has 2 aromatic carbocycles. The van der Waals surface area contributed by atoms with Crippen LogP contribution in [0.2, 0.25) is 0 Å². The van der Waals surface area contributed by atoms with E-state index in [1.807, 2.05) is 12.1 Å². The highest BCUT2D eigenvalue weighted by molar-refractivity contribution is 5.18. The lowest BCUT2D eigenvalue weighted by Crippen LogP contribution is -2.38. The van der Waals surface area contributed by atoms with Crippen LogP contribution >= 0.6 is 0 Å². The van der Waals surface area contributed by atoms with Gasteiger partial charge in [-0.2, -0.15) is 0 Å². The van der Waals surface area contributed by atoms with Crippen molar-refractivity contribution in [2.75, 3.05) is 6.54 Å². The molecule has 2 unspecified atom stereocenters. The van der Waals surface area contributed by atoms with Gasteiger partial charge in [-0.1, -0.05) is 60.7 Å². The van der Waals surface area contributed by atoms with Crippen LogP contribution in [-0.2, 0) is 12.8 Å². The van der Waals surface area contributed by atoms with Crippen molar-refractivity contribution in [3.05, 3.63) is 71.8 Å². The average Bonchev–Trinajstić information content (AvgIpc) is 2.47. The SMILES string of the molecule is NCC(Cc1ccccc1)C(N)Cc1ccccc1. The van der Waals surface area contributed by atoms with Gasteiger partial charge in [0.1, 0.15) is 0 Å². The van der Waals surface area contributed by atoms with Crippen molar-refractivity contribution in [1.29, 1.82) is 0 Å². The van der Waals surface area contributed by atoms with E-state index < -0.39 is 0 Å². The van der Waals surface area contributed by atoms with Crippen molar-refractivity contribution in [3.63, 3.8) is 0 Å². The van der Waals surface area contributed by atoms with Crippen molar-refractivity contribution < 1.29 is 0 Å². The average molecular weight is 254 g/mol. The molecule has 0 fully saturated rings. The molecule has 2 aromatic rings. The second kappa shape index (κ2) is 7.07. The summed E-state index contributed by atoms with van der Waals surface area (Å²) in [7, 11) is 0. The van der Waals surface area contributed by atoms with Gasteiger partial charge in [-0.05, 0) is 36.4 Å². The molecular formula is C17H22N2. The number of nitrogens with two attached hydrogens (primary N) is 2. The summed E-state index contributed by atoms with van der Waals surface area (Å²) in [6.07, 6.45) is 1.83. The zero-order valence-corrected chi connectivity index (χ0v) is 11.2. The Bertz CT molecular complexity index is 467. The maximum atomic E-state index is 6.33. The van der Waals surface area contributed by atoms with Gasteiger partial charge in [0.25, 0.3) is 0 Å². The Morgan fingerprint density at radius 2 is 1.21 bits per heavy atom. The summed E-state index contributed by atoms with van der Waals surface area (Å²) in [5, 5.41) is 0. The highest BCUT2D eigenvalue weighted by Crippen LogP contribution is 2.14. The monoisotopic (exact) mass is 254 g/mol. The van der Waals surface area contributed by atoms with Gasteiger partial charge in [0, 0.05) is 6.04 Å². The minimum Gasteiger partial charge on any atom is -0.330 e. The van der Waals surface area contributed by atoms with E-state index in [4.69, 9.17) is 11.5 Å². The fraction of sp³-hybridized carbons (Fsp3) is 0.294. The van der Waals surface area contributed by atoms with Gasteiger partial charge in [-0.3, -0.25) is 0 Å². The third-order valence-corrected chi connectivity index (χ3v) is 3.56. The van der Waals surface area contributed by atoms with Crippen LogP contribution in [0.3, 0.4) is 0 Å². The van der Waals surface area contributed by atoms with Crippen LogP contribution in [0.1, 0.15) is 11.1 Å². The van der Waals surface area contributed by atoms with Crippen LogP contribution in [0.25, 0.3) is 0 Å². The highest BCUT2D eigenvalue weighted by Gasteiger charge is 2.17. The van der Waals surface area contributed by atoms with E-state index in [1.54, 1.807) is 0 Å². The molecule has 0 radical (unpaired) electrons. The van der Waals surface area contributed by atoms with Gasteiger partial charge in [-0.15, -0.1) is 0 Å². The zero-order valence-electron chi connectivity index (χ0n) is 11.2. The number of hydrogen-bond acceptors (Lipinski definition) is 2. The normalized spacial score (nSPS) is 14.0. The van der Waals surface area contributed by atoms with E-state index in [-0.39, 0.29) is 6.04 Å². The number of benzene rings is 2. The Labute approximate surface area is 115 Å². The fourth-order valence-electron chi connectivity index (χ4n) is 2.38. The van der Waals surface area contributed by atoms with Crippen LogP contribution in [-0.4, -0.2) is 12.6 Å². The largest absolute Gasteiger partial charge is 0.330 e. The number of rotatable bonds is 6. The predicted octanol–water partition coefficient (Wildman–Crippen LogP) is 2.37. The third-order valence-electron chi connectivity index (χ3n) is 3.56. The summed E-state index contributed by atoms with van der Waals surface area (Å²) in [5.41, 5.74) is 14.8. The maximum absolute atomic E-state index is 6.33. The minimum atomic E-state index is 0.104. The van der Waals surface area contributed by atoms with E-state index in [2.05, 4.69) is 48.5 Å². The van der Waals surface area contributed by atoms with Crippen molar-refractivity contribution >= 4 is 0 Å². The van der Waals surface area contributed by atoms with Crippen molar-refractivity contribution in [2.24, 2.45) is 17.4 Å². The highest BCUT2D eigenvalue weighted by atomic mass is 14.7. The molecule has 100 valence electrons. The lowest BCUT2D eigenvalue weighted by molar-refractivity contribution is 0.424. The topological polar surface area (TPSA) is 52.0 Å². The standard InChI is InChI=1S/C17H22N2/c18-13-16(11-14-7-3-1-4-8-14)17(19)12-15-9-5-2-6-10-15/h1-10,16-17H,11-13,18-19H2. The van der Waals surface area contributed by atoms with Crippen molar-refractivity contribution in [1.82, 2.24) is 0 Å². The molecule has 2 rings (SSSR count). The quantitative estimate of drug-likeness (QED) is 0.831. The number of hydrogen-bond donors (Lipinski definition) is 2. The van der Waals surface area contributed by atoms with Gasteiger partial charge in [0.05, 0.1) is 0 Å². The van der Waals surface area contributed by atoms with Crippen LogP contribution in [0.15, 0.2) is 60.7 Å². The summed E-state index contributed by atoms with van der Waals surface area (Å²) in [6.45, 7) is 0.628. The van der Waals surface area contributed by atoms with E-state index in [9.17, 15) is 0 Å². The molecule has 0 aliphatic rings. The first-order chi connectivity index (χ1) is 9.29. The Morgan fingerprint density at radius 3 is 1.68 bits per heavy atom. The van der Waals surface area contributed by atoms with Gasteiger partial charge < -0.3 is 11.5 Å². The molecule has 0 heterocycles. The Morgan fingerprint density at radius 1 is 0.737 bits per heavy atom. The summed E-state index contributed by atoms with van der Waals surface area (Å²) < 4.78 is 0. The second-order valence-electron chi connectivity index (χ2n) is 5.04. The Balaban J connectivity index is 1.97. The van der Waals surface area contributed by atoms with Crippen LogP contribution in [0.5, 0.6) is 0 Å². The third kappa shape index (κ3) is 4.19. The molecule has 0 saturated heterocycles. The molecule has 0 amide bonds. The van der Waals surface area contributed by atoms with Gasteiger partial charge >= 0.3 is 0 Å². The molecule has 0 aliphatic heterocycles. The smallest absolute Gasteiger partial charge is 0.0123 e. The summed E-state index contributed by atoms with van der Waals surface area (Å²) in [6, 6.07) is 20.9. The van der Waals surface area contributed by atoms with Crippen molar-refractivity contribution in [3.8, 4) is 0 Å². The molecule has 0 saturated carbocycles. The molecular weight excluding hydrogens is 232 g/mol. The molecule has 0 aliphatic carbocycles. The lowest BCUT2D eigenvalue weighted by Gasteiger charge is -2.22. The molecule has 0 spiro atoms. The van der Waals surface area contributed by atoms with Crippen LogP contribution in [0.4, 0.5) is 0 Å². The first kappa shape index (κ1) is 13.8. The lowest BCUT2D eigenvalue weighted by atomic mass is 9.89. The summed E-state index contributed by atoms with van der Waals surface area (Å²) >= 11 is 0. The molecule has 0 bridgehead atoms. The van der Waals surface area contributed by atoms with E-state index >= 15 is 0 Å². The Hall–Kier alpha value is -1.64. The molecule has 4 N–H and O–H groups in total. The van der Waals surface area contributed by atoms with Gasteiger partial charge in [0.2, 0.25) is 0 Å². The molecule has 2 atom stereocenters. The molecule has 0 aromatic heterocycles. The first-order valence-electron chi connectivity index (χ1n) is 6.83. The second-order valence-corrected chi connectivity index (χ2v) is 5.04. The Kier molecular flexibility index (Phi) is 5.13. The minimum absolute atomic E-state index is 0.104. The fourth-order valence-corrected chi connectivity index (χ4v) is 2.38. The maximum Gasteiger partial charge on any atom is 0.0123 e. The zero-order chi connectivity index (χ0) is 13.5. The molecule has 2 heteroatoms. The van der Waals surface area contributed by atoms with Gasteiger partial charge in [0.15, 0.2) is 0 Å². The first-order valence-corrected chi connectivity index (χ1v) is 6.83.